The Morgan fingerprint density at radius 3 is 2.25 bits per heavy atom. The van der Waals surface area contributed by atoms with E-state index in [0.29, 0.717) is 17.9 Å². The third-order valence-electron chi connectivity index (χ3n) is 3.65. The molecule has 3 N–H and O–H groups in total. The van der Waals surface area contributed by atoms with Gasteiger partial charge < -0.3 is 9.47 Å². The normalized spacial score (nSPS) is 22.4. The number of nitrogens with two attached hydrogens (primary N) is 1. The fraction of sp³-hybridized carbons (Fsp3) is 0.538. The van der Waals surface area contributed by atoms with Gasteiger partial charge in [0, 0.05) is 6.07 Å². The second-order valence-electron chi connectivity index (χ2n) is 4.95. The number of methoxy groups -OCH3 is 2. The van der Waals surface area contributed by atoms with Crippen LogP contribution in [0.2, 0.25) is 0 Å². The molecule has 0 aromatic heterocycles. The number of nitrogens with one attached hydrogen (secondary N) is 1. The predicted molar refractivity (Wildman–Crippen MR) is 76.4 cm³/mol. The minimum atomic E-state index is -2.95. The van der Waals surface area contributed by atoms with Crippen molar-refractivity contribution in [2.45, 2.75) is 12.5 Å². The Morgan fingerprint density at radius 2 is 1.85 bits per heavy atom. The molecular formula is C13H20N2O4S. The van der Waals surface area contributed by atoms with Crippen molar-refractivity contribution in [1.82, 2.24) is 5.43 Å². The van der Waals surface area contributed by atoms with Crippen LogP contribution in [-0.2, 0) is 9.84 Å². The summed E-state index contributed by atoms with van der Waals surface area (Å²) in [6, 6.07) is 5.22. The van der Waals surface area contributed by atoms with Crippen LogP contribution in [0, 0.1) is 5.92 Å². The van der Waals surface area contributed by atoms with E-state index in [2.05, 4.69) is 5.43 Å². The molecule has 1 aromatic rings. The van der Waals surface area contributed by atoms with E-state index in [1.54, 1.807) is 20.3 Å². The lowest BCUT2D eigenvalue weighted by atomic mass is 9.93. The van der Waals surface area contributed by atoms with Gasteiger partial charge in [-0.25, -0.2) is 8.42 Å². The topological polar surface area (TPSA) is 90.7 Å². The van der Waals surface area contributed by atoms with Gasteiger partial charge in [0.2, 0.25) is 0 Å². The summed E-state index contributed by atoms with van der Waals surface area (Å²) in [4.78, 5) is 0. The Morgan fingerprint density at radius 1 is 1.25 bits per heavy atom. The van der Waals surface area contributed by atoms with Gasteiger partial charge in [0.15, 0.2) is 9.84 Å². The summed E-state index contributed by atoms with van der Waals surface area (Å²) in [6.07, 6.45) is 0.608. The average molecular weight is 300 g/mol. The zero-order valence-corrected chi connectivity index (χ0v) is 12.4. The molecule has 0 aliphatic carbocycles. The van der Waals surface area contributed by atoms with Crippen LogP contribution in [0.1, 0.15) is 18.0 Å². The molecular weight excluding hydrogens is 280 g/mol. The van der Waals surface area contributed by atoms with Gasteiger partial charge in [0.1, 0.15) is 11.5 Å². The van der Waals surface area contributed by atoms with E-state index >= 15 is 0 Å². The van der Waals surface area contributed by atoms with Crippen LogP contribution in [0.3, 0.4) is 0 Å². The molecule has 0 radical (unpaired) electrons. The fourth-order valence-corrected chi connectivity index (χ4v) is 4.44. The molecule has 2 atom stereocenters. The summed E-state index contributed by atoms with van der Waals surface area (Å²) < 4.78 is 33.7. The first-order chi connectivity index (χ1) is 9.49. The van der Waals surface area contributed by atoms with E-state index in [9.17, 15) is 8.42 Å². The quantitative estimate of drug-likeness (QED) is 0.613. The maximum atomic E-state index is 11.6. The van der Waals surface area contributed by atoms with Gasteiger partial charge in [-0.15, -0.1) is 0 Å². The van der Waals surface area contributed by atoms with Crippen LogP contribution >= 0.6 is 0 Å². The molecule has 0 spiro atoms. The number of hydrogen-bond donors (Lipinski definition) is 2. The Hall–Kier alpha value is -1.31. The minimum Gasteiger partial charge on any atom is -0.497 e. The average Bonchev–Trinajstić information content (AvgIpc) is 2.79. The number of rotatable bonds is 5. The highest BCUT2D eigenvalue weighted by molar-refractivity contribution is 7.91. The molecule has 0 bridgehead atoms. The number of ether oxygens (including phenoxy) is 2. The van der Waals surface area contributed by atoms with Crippen molar-refractivity contribution in [1.29, 1.82) is 0 Å². The van der Waals surface area contributed by atoms with Crippen molar-refractivity contribution in [3.8, 4) is 11.5 Å². The van der Waals surface area contributed by atoms with Crippen LogP contribution in [0.25, 0.3) is 0 Å². The zero-order chi connectivity index (χ0) is 14.8. The van der Waals surface area contributed by atoms with E-state index in [1.165, 1.54) is 0 Å². The van der Waals surface area contributed by atoms with E-state index in [-0.39, 0.29) is 23.5 Å². The molecule has 1 aliphatic heterocycles. The van der Waals surface area contributed by atoms with Crippen molar-refractivity contribution < 1.29 is 17.9 Å². The van der Waals surface area contributed by atoms with Crippen molar-refractivity contribution >= 4 is 9.84 Å². The molecule has 2 rings (SSSR count). The molecule has 1 fully saturated rings. The molecule has 112 valence electrons. The maximum absolute atomic E-state index is 11.6. The van der Waals surface area contributed by atoms with E-state index in [0.717, 1.165) is 5.56 Å². The first kappa shape index (κ1) is 15.1. The van der Waals surface area contributed by atoms with Gasteiger partial charge >= 0.3 is 0 Å². The van der Waals surface area contributed by atoms with Crippen molar-refractivity contribution in [3.63, 3.8) is 0 Å². The highest BCUT2D eigenvalue weighted by Crippen LogP contribution is 2.34. The van der Waals surface area contributed by atoms with E-state index < -0.39 is 9.84 Å². The van der Waals surface area contributed by atoms with Gasteiger partial charge in [0.05, 0.1) is 31.8 Å². The second kappa shape index (κ2) is 5.99. The highest BCUT2D eigenvalue weighted by Gasteiger charge is 2.34. The standard InChI is InChI=1S/C13H20N2O4S/c1-18-11-5-10(6-12(7-11)19-2)13(15-14)9-3-4-20(16,17)8-9/h5-7,9,13,15H,3-4,8,14H2,1-2H3. The minimum absolute atomic E-state index is 0.0400. The van der Waals surface area contributed by atoms with Gasteiger partial charge in [0.25, 0.3) is 0 Å². The van der Waals surface area contributed by atoms with Crippen LogP contribution in [0.15, 0.2) is 18.2 Å². The Balaban J connectivity index is 2.32. The van der Waals surface area contributed by atoms with E-state index in [4.69, 9.17) is 15.3 Å². The van der Waals surface area contributed by atoms with Crippen molar-refractivity contribution in [2.24, 2.45) is 11.8 Å². The molecule has 6 nitrogen and oxygen atoms in total. The van der Waals surface area contributed by atoms with Crippen LogP contribution in [-0.4, -0.2) is 34.1 Å². The molecule has 1 aromatic carbocycles. The largest absolute Gasteiger partial charge is 0.497 e. The second-order valence-corrected chi connectivity index (χ2v) is 7.18. The summed E-state index contributed by atoms with van der Waals surface area (Å²) >= 11 is 0. The highest BCUT2D eigenvalue weighted by atomic mass is 32.2. The Bertz CT molecular complexity index is 551. The monoisotopic (exact) mass is 300 g/mol. The lowest BCUT2D eigenvalue weighted by Crippen LogP contribution is -2.34. The summed E-state index contributed by atoms with van der Waals surface area (Å²) in [7, 11) is 0.198. The summed E-state index contributed by atoms with van der Waals surface area (Å²) in [5.41, 5.74) is 3.59. The number of benzene rings is 1. The third kappa shape index (κ3) is 3.23. The molecule has 20 heavy (non-hydrogen) atoms. The first-order valence-corrected chi connectivity index (χ1v) is 8.20. The number of hydrogen-bond acceptors (Lipinski definition) is 6. The van der Waals surface area contributed by atoms with Gasteiger partial charge in [-0.3, -0.25) is 11.3 Å². The molecule has 1 saturated heterocycles. The van der Waals surface area contributed by atoms with Crippen molar-refractivity contribution in [3.05, 3.63) is 23.8 Å². The maximum Gasteiger partial charge on any atom is 0.150 e. The Kier molecular flexibility index (Phi) is 4.52. The zero-order valence-electron chi connectivity index (χ0n) is 11.6. The van der Waals surface area contributed by atoms with Gasteiger partial charge in [-0.1, -0.05) is 0 Å². The predicted octanol–water partition coefficient (Wildman–Crippen LogP) is 0.643. The lowest BCUT2D eigenvalue weighted by molar-refractivity contribution is 0.377. The van der Waals surface area contributed by atoms with E-state index in [1.807, 2.05) is 12.1 Å². The molecule has 2 unspecified atom stereocenters. The SMILES string of the molecule is COc1cc(OC)cc(C(NN)C2CCS(=O)(=O)C2)c1. The van der Waals surface area contributed by atoms with Crippen LogP contribution in [0.4, 0.5) is 0 Å². The fourth-order valence-electron chi connectivity index (χ4n) is 2.60. The summed E-state index contributed by atoms with van der Waals surface area (Å²) in [5, 5.41) is 0. The number of hydrazine groups is 1. The lowest BCUT2D eigenvalue weighted by Gasteiger charge is -2.23. The molecule has 0 saturated carbocycles. The number of sulfone groups is 1. The Labute approximate surface area is 119 Å². The van der Waals surface area contributed by atoms with Crippen LogP contribution < -0.4 is 20.7 Å². The summed E-state index contributed by atoms with van der Waals surface area (Å²) in [6.45, 7) is 0. The molecule has 0 amide bonds. The molecule has 7 heteroatoms. The van der Waals surface area contributed by atoms with Crippen molar-refractivity contribution in [2.75, 3.05) is 25.7 Å². The first-order valence-electron chi connectivity index (χ1n) is 6.38. The molecule has 1 heterocycles. The molecule has 1 aliphatic rings. The summed E-state index contributed by atoms with van der Waals surface area (Å²) in [5.74, 6) is 7.27. The van der Waals surface area contributed by atoms with Gasteiger partial charge in [-0.05, 0) is 30.0 Å². The van der Waals surface area contributed by atoms with Crippen LogP contribution in [0.5, 0.6) is 11.5 Å². The third-order valence-corrected chi connectivity index (χ3v) is 5.45. The smallest absolute Gasteiger partial charge is 0.150 e. The van der Waals surface area contributed by atoms with Gasteiger partial charge in [-0.2, -0.15) is 0 Å².